The van der Waals surface area contributed by atoms with Gasteiger partial charge in [0.15, 0.2) is 0 Å². The maximum Gasteiger partial charge on any atom is 0.305 e. The van der Waals surface area contributed by atoms with Crippen molar-refractivity contribution >= 4 is 11.8 Å². The van der Waals surface area contributed by atoms with Crippen LogP contribution in [-0.4, -0.2) is 18.4 Å². The minimum atomic E-state index is -0.614. The van der Waals surface area contributed by atoms with E-state index in [1.165, 1.54) is 323 Å². The van der Waals surface area contributed by atoms with Crippen LogP contribution in [0.3, 0.4) is 0 Å². The first-order chi connectivity index (χ1) is 60.1. The molecule has 5 aliphatic rings. The molecule has 0 aliphatic heterocycles. The molecular weight excluding hydrogens is 1500 g/mol. The number of carbonyl (C=O) groups is 2. The third kappa shape index (κ3) is 17.9. The first-order valence-electron chi connectivity index (χ1n) is 50.1. The van der Waals surface area contributed by atoms with Crippen molar-refractivity contribution in [3.8, 4) is 89.0 Å². The zero-order chi connectivity index (χ0) is 87.0. The molecule has 10 aromatic carbocycles. The Hall–Kier alpha value is -8.66. The smallest absolute Gasteiger partial charge is 0.305 e. The lowest BCUT2D eigenvalue weighted by molar-refractivity contribution is -0.143. The molecule has 0 N–H and O–H groups in total. The van der Waals surface area contributed by atoms with E-state index in [-0.39, 0.29) is 38.8 Å². The van der Waals surface area contributed by atoms with E-state index in [1.807, 2.05) is 6.92 Å². The standard InChI is InChI=1S/C121H150O3/c1-15-20-24-28-32-40-68-118(69-41-33-29-25-21-16-2)105-74-84(6)48-58-95(105)98-61-52-89(78-108(98)118)91-54-64-101-102-65-55-92(81-112(102)121(111(101)80-91)113-82-93(116(9,10)11)56-66-103(113)104-67-57-94(83-114(104)121)117(12,13)14)90-53-63-100-99-62-51-88(77-109(99)120(110(100)79-90,70-42-34-30-26-22-17-3)71-43-35-31-27-23-18-4)87-50-60-97-96-59-49-85(7)75-106(96)119(107(97)76-87,72-44-36-38-46-86(8)122)73-45-37-39-47-115(123)124-19-5/h48-67,74-83H,15-47,68-73H2,1-14H3. The van der Waals surface area contributed by atoms with Gasteiger partial charge in [0.05, 0.1) is 12.0 Å². The molecule has 124 heavy (non-hydrogen) atoms. The summed E-state index contributed by atoms with van der Waals surface area (Å²) in [5, 5.41) is 0. The first-order valence-corrected chi connectivity index (χ1v) is 50.1. The van der Waals surface area contributed by atoms with Gasteiger partial charge in [-0.05, 0) is 282 Å². The largest absolute Gasteiger partial charge is 0.466 e. The van der Waals surface area contributed by atoms with E-state index in [1.54, 1.807) is 18.1 Å². The van der Waals surface area contributed by atoms with Gasteiger partial charge in [0.25, 0.3) is 0 Å². The number of ketones is 1. The van der Waals surface area contributed by atoms with Crippen molar-refractivity contribution in [1.82, 2.24) is 0 Å². The maximum absolute atomic E-state index is 12.7. The summed E-state index contributed by atoms with van der Waals surface area (Å²) in [4.78, 5) is 25.1. The molecule has 1 unspecified atom stereocenters. The monoisotopic (exact) mass is 1650 g/mol. The second-order valence-electron chi connectivity index (χ2n) is 41.4. The fourth-order valence-electron chi connectivity index (χ4n) is 23.9. The highest BCUT2D eigenvalue weighted by Gasteiger charge is 2.54. The Morgan fingerprint density at radius 2 is 0.484 bits per heavy atom. The van der Waals surface area contributed by atoms with Crippen LogP contribution >= 0.6 is 0 Å². The molecule has 0 amide bonds. The summed E-state index contributed by atoms with van der Waals surface area (Å²) in [5.41, 5.74) is 40.8. The highest BCUT2D eigenvalue weighted by Crippen LogP contribution is 2.66. The van der Waals surface area contributed by atoms with Crippen LogP contribution in [0.25, 0.3) is 89.0 Å². The van der Waals surface area contributed by atoms with E-state index in [0.717, 1.165) is 64.2 Å². The first kappa shape index (κ1) is 90.1. The van der Waals surface area contributed by atoms with Gasteiger partial charge in [0.1, 0.15) is 5.78 Å². The summed E-state index contributed by atoms with van der Waals surface area (Å²) in [6.07, 6.45) is 44.5. The molecule has 0 heterocycles. The zero-order valence-electron chi connectivity index (χ0n) is 79.1. The van der Waals surface area contributed by atoms with E-state index >= 15 is 0 Å². The van der Waals surface area contributed by atoms with E-state index in [9.17, 15) is 9.59 Å². The predicted molar refractivity (Wildman–Crippen MR) is 530 cm³/mol. The number of hydrogen-bond donors (Lipinski definition) is 0. The summed E-state index contributed by atoms with van der Waals surface area (Å²) in [7, 11) is 0. The van der Waals surface area contributed by atoms with Crippen molar-refractivity contribution < 1.29 is 14.3 Å². The Labute approximate surface area is 750 Å². The number of esters is 1. The Kier molecular flexibility index (Phi) is 28.6. The van der Waals surface area contributed by atoms with Gasteiger partial charge in [-0.1, -0.05) is 406 Å². The normalized spacial score (nSPS) is 15.4. The molecule has 0 bridgehead atoms. The molecule has 0 saturated carbocycles. The van der Waals surface area contributed by atoms with Crippen molar-refractivity contribution in [3.05, 3.63) is 260 Å². The van der Waals surface area contributed by atoms with Crippen LogP contribution in [0.4, 0.5) is 0 Å². The molecule has 5 aliphatic carbocycles. The third-order valence-electron chi connectivity index (χ3n) is 30.6. The molecule has 0 fully saturated rings. The van der Waals surface area contributed by atoms with Crippen molar-refractivity contribution in [2.45, 2.75) is 373 Å². The molecule has 1 spiro atoms. The second kappa shape index (κ2) is 39.3. The Balaban J connectivity index is 0.879. The number of fused-ring (bicyclic) bond motifs is 19. The summed E-state index contributed by atoms with van der Waals surface area (Å²) < 4.78 is 5.42. The highest BCUT2D eigenvalue weighted by atomic mass is 16.5. The molecule has 0 radical (unpaired) electrons. The summed E-state index contributed by atoms with van der Waals surface area (Å²) in [6, 6.07) is 76.4. The summed E-state index contributed by atoms with van der Waals surface area (Å²) in [5.74, 6) is 0.186. The van der Waals surface area contributed by atoms with Crippen molar-refractivity contribution in [3.63, 3.8) is 0 Å². The molecule has 0 saturated heterocycles. The number of ether oxygens (including phenoxy) is 1. The van der Waals surface area contributed by atoms with Gasteiger partial charge < -0.3 is 9.53 Å². The number of hydrogen-bond acceptors (Lipinski definition) is 3. The van der Waals surface area contributed by atoms with Gasteiger partial charge >= 0.3 is 5.97 Å². The number of carbonyl (C=O) groups excluding carboxylic acids is 2. The lowest BCUT2D eigenvalue weighted by Gasteiger charge is -2.34. The van der Waals surface area contributed by atoms with Gasteiger partial charge in [-0.25, -0.2) is 0 Å². The van der Waals surface area contributed by atoms with E-state index in [2.05, 4.69) is 265 Å². The fourth-order valence-corrected chi connectivity index (χ4v) is 23.9. The van der Waals surface area contributed by atoms with Gasteiger partial charge in [-0.3, -0.25) is 4.79 Å². The van der Waals surface area contributed by atoms with Crippen LogP contribution < -0.4 is 0 Å². The van der Waals surface area contributed by atoms with Crippen molar-refractivity contribution in [2.75, 3.05) is 6.61 Å². The van der Waals surface area contributed by atoms with Crippen LogP contribution in [0.15, 0.2) is 182 Å². The molecule has 652 valence electrons. The molecular formula is C121H150O3. The lowest BCUT2D eigenvalue weighted by Crippen LogP contribution is -2.27. The molecule has 15 rings (SSSR count). The highest BCUT2D eigenvalue weighted by molar-refractivity contribution is 5.98. The van der Waals surface area contributed by atoms with Crippen LogP contribution in [0.2, 0.25) is 0 Å². The average Bonchev–Trinajstić information content (AvgIpc) is 1.50. The second-order valence-corrected chi connectivity index (χ2v) is 41.4. The summed E-state index contributed by atoms with van der Waals surface area (Å²) >= 11 is 0. The number of aryl methyl sites for hydroxylation is 2. The topological polar surface area (TPSA) is 43.4 Å². The van der Waals surface area contributed by atoms with Gasteiger partial charge in [-0.2, -0.15) is 0 Å². The lowest BCUT2D eigenvalue weighted by atomic mass is 9.68. The van der Waals surface area contributed by atoms with Crippen LogP contribution in [0, 0.1) is 13.8 Å². The molecule has 1 atom stereocenters. The predicted octanol–water partition coefficient (Wildman–Crippen LogP) is 35.1. The van der Waals surface area contributed by atoms with Gasteiger partial charge in [-0.15, -0.1) is 0 Å². The third-order valence-corrected chi connectivity index (χ3v) is 30.6. The van der Waals surface area contributed by atoms with Gasteiger partial charge in [0.2, 0.25) is 0 Å². The minimum absolute atomic E-state index is 0.0326. The number of rotatable bonds is 44. The molecule has 0 aromatic heterocycles. The summed E-state index contributed by atoms with van der Waals surface area (Å²) in [6.45, 7) is 32.5. The Morgan fingerprint density at radius 1 is 0.258 bits per heavy atom. The quantitative estimate of drug-likeness (QED) is 0.0282. The molecule has 3 nitrogen and oxygen atoms in total. The van der Waals surface area contributed by atoms with Crippen LogP contribution in [-0.2, 0) is 46.8 Å². The number of Topliss-reactive ketones (excluding diaryl/α,β-unsaturated/α-hetero) is 1. The van der Waals surface area contributed by atoms with E-state index in [4.69, 9.17) is 4.74 Å². The Bertz CT molecular complexity index is 5340. The average molecular weight is 1650 g/mol. The zero-order valence-corrected chi connectivity index (χ0v) is 79.1. The number of unbranched alkanes of at least 4 members (excludes halogenated alkanes) is 24. The van der Waals surface area contributed by atoms with E-state index < -0.39 is 5.41 Å². The van der Waals surface area contributed by atoms with Crippen LogP contribution in [0.5, 0.6) is 0 Å². The molecule has 10 aromatic rings. The Morgan fingerprint density at radius 3 is 0.758 bits per heavy atom. The fraction of sp³-hybridized carbons (Fsp3) is 0.488. The molecule has 3 heteroatoms. The minimum Gasteiger partial charge on any atom is -0.466 e. The van der Waals surface area contributed by atoms with E-state index in [0.29, 0.717) is 19.4 Å². The number of benzene rings is 10. The van der Waals surface area contributed by atoms with Gasteiger partial charge in [0, 0.05) is 29.1 Å². The van der Waals surface area contributed by atoms with Crippen LogP contribution in [0.1, 0.15) is 405 Å². The van der Waals surface area contributed by atoms with Crippen molar-refractivity contribution in [1.29, 1.82) is 0 Å². The SMILES string of the molecule is CCCCCCCCC1(CCCCCCCC)c2cc(C)ccc2-c2ccc(-c3ccc4c(c3)C3(c5cc(-c6ccc7c(c6)C(CCCCCCCC)(CCCCCCCC)c6cc(-c8ccc9c(c8)C(CCCCCC(C)=O)(CCCCCC(=O)OCC)c8cc(C)ccc8-9)ccc6-7)ccc5-4)c4cc(C(C)(C)C)ccc4-c4ccc(C(C)(C)C)cc43)cc21. The maximum atomic E-state index is 12.7. The van der Waals surface area contributed by atoms with Crippen molar-refractivity contribution in [2.24, 2.45) is 0 Å².